The van der Waals surface area contributed by atoms with Gasteiger partial charge in [-0.2, -0.15) is 4.39 Å². The quantitative estimate of drug-likeness (QED) is 0.507. The summed E-state index contributed by atoms with van der Waals surface area (Å²) in [5.41, 5.74) is 7.93. The number of guanidine groups is 1. The van der Waals surface area contributed by atoms with Crippen molar-refractivity contribution in [3.63, 3.8) is 0 Å². The molecule has 0 saturated heterocycles. The molecular weight excluding hydrogens is 407 g/mol. The Labute approximate surface area is 182 Å². The second kappa shape index (κ2) is 7.42. The molecular formula is C24H25FN4OSi. The smallest absolute Gasteiger partial charge is 0.266 e. The molecule has 5 nitrogen and oxygen atoms in total. The predicted molar refractivity (Wildman–Crippen MR) is 124 cm³/mol. The Morgan fingerprint density at radius 1 is 0.968 bits per heavy atom. The minimum atomic E-state index is -1.62. The largest absolute Gasteiger partial charge is 0.369 e. The summed E-state index contributed by atoms with van der Waals surface area (Å²) < 4.78 is 13.3. The summed E-state index contributed by atoms with van der Waals surface area (Å²) in [6, 6.07) is 18.7. The van der Waals surface area contributed by atoms with Gasteiger partial charge in [-0.05, 0) is 34.9 Å². The van der Waals surface area contributed by atoms with Crippen molar-refractivity contribution in [1.82, 2.24) is 9.88 Å². The van der Waals surface area contributed by atoms with Crippen molar-refractivity contribution in [1.29, 1.82) is 0 Å². The molecule has 1 aromatic heterocycles. The van der Waals surface area contributed by atoms with Crippen molar-refractivity contribution in [2.24, 2.45) is 10.7 Å². The van der Waals surface area contributed by atoms with Gasteiger partial charge in [-0.15, -0.1) is 0 Å². The molecule has 1 unspecified atom stereocenters. The lowest BCUT2D eigenvalue weighted by atomic mass is 9.82. The maximum Gasteiger partial charge on any atom is 0.266 e. The van der Waals surface area contributed by atoms with Crippen LogP contribution in [-0.4, -0.2) is 36.9 Å². The molecule has 2 N–H and O–H groups in total. The molecule has 0 spiro atoms. The van der Waals surface area contributed by atoms with Crippen molar-refractivity contribution in [3.05, 3.63) is 83.9 Å². The van der Waals surface area contributed by atoms with Gasteiger partial charge in [0.25, 0.3) is 5.91 Å². The standard InChI is InChI=1S/C24H25FN4OSi/c1-29-22(30)24(28-23(29)26,19-9-6-10-20(14-19)31(2,3)4)18-8-5-7-16(13-18)17-11-12-21(25)27-15-17/h5-15H,1-4H3,(H2,26,28). The van der Waals surface area contributed by atoms with Gasteiger partial charge in [0.05, 0.1) is 8.07 Å². The maximum atomic E-state index is 13.6. The molecule has 158 valence electrons. The van der Waals surface area contributed by atoms with Crippen LogP contribution in [-0.2, 0) is 10.3 Å². The third-order valence-electron chi connectivity index (χ3n) is 5.73. The number of hydrogen-bond donors (Lipinski definition) is 1. The Morgan fingerprint density at radius 2 is 1.65 bits per heavy atom. The van der Waals surface area contributed by atoms with Crippen molar-refractivity contribution in [2.75, 3.05) is 7.05 Å². The highest BCUT2D eigenvalue weighted by atomic mass is 28.3. The van der Waals surface area contributed by atoms with Crippen LogP contribution in [0.2, 0.25) is 19.6 Å². The molecule has 1 aliphatic rings. The summed E-state index contributed by atoms with van der Waals surface area (Å²) in [6.07, 6.45) is 1.48. The summed E-state index contributed by atoms with van der Waals surface area (Å²) in [5, 5.41) is 1.24. The van der Waals surface area contributed by atoms with Gasteiger partial charge >= 0.3 is 0 Å². The molecule has 2 aromatic carbocycles. The predicted octanol–water partition coefficient (Wildman–Crippen LogP) is 3.46. The van der Waals surface area contributed by atoms with E-state index in [4.69, 9.17) is 10.7 Å². The Balaban J connectivity index is 1.94. The molecule has 2 heterocycles. The summed E-state index contributed by atoms with van der Waals surface area (Å²) >= 11 is 0. The van der Waals surface area contributed by atoms with Gasteiger partial charge in [0.1, 0.15) is 0 Å². The fourth-order valence-electron chi connectivity index (χ4n) is 3.87. The van der Waals surface area contributed by atoms with Crippen LogP contribution in [0.1, 0.15) is 11.1 Å². The lowest BCUT2D eigenvalue weighted by molar-refractivity contribution is -0.129. The van der Waals surface area contributed by atoms with Crippen LogP contribution >= 0.6 is 0 Å². The number of hydrogen-bond acceptors (Lipinski definition) is 4. The van der Waals surface area contributed by atoms with Crippen LogP contribution in [0.25, 0.3) is 11.1 Å². The number of aliphatic imine (C=N–C) groups is 1. The van der Waals surface area contributed by atoms with E-state index < -0.39 is 19.6 Å². The highest BCUT2D eigenvalue weighted by Gasteiger charge is 2.49. The molecule has 0 saturated carbocycles. The molecule has 31 heavy (non-hydrogen) atoms. The third kappa shape index (κ3) is 3.55. The molecule has 0 fully saturated rings. The van der Waals surface area contributed by atoms with Crippen LogP contribution in [0.15, 0.2) is 71.9 Å². The normalized spacial score (nSPS) is 18.9. The van der Waals surface area contributed by atoms with Crippen LogP contribution < -0.4 is 10.9 Å². The summed E-state index contributed by atoms with van der Waals surface area (Å²) in [6.45, 7) is 6.80. The first-order valence-corrected chi connectivity index (χ1v) is 13.6. The Bertz CT molecular complexity index is 1190. The highest BCUT2D eigenvalue weighted by Crippen LogP contribution is 2.40. The van der Waals surface area contributed by atoms with E-state index in [1.807, 2.05) is 36.4 Å². The highest BCUT2D eigenvalue weighted by molar-refractivity contribution is 6.88. The first kappa shape index (κ1) is 20.9. The van der Waals surface area contributed by atoms with Crippen molar-refractivity contribution >= 4 is 25.1 Å². The number of amides is 1. The lowest BCUT2D eigenvalue weighted by Crippen LogP contribution is -2.43. The van der Waals surface area contributed by atoms with E-state index in [0.717, 1.165) is 16.7 Å². The van der Waals surface area contributed by atoms with Gasteiger partial charge in [0, 0.05) is 18.8 Å². The van der Waals surface area contributed by atoms with Crippen molar-refractivity contribution in [2.45, 2.75) is 25.2 Å². The number of nitrogens with two attached hydrogens (primary N) is 1. The summed E-state index contributed by atoms with van der Waals surface area (Å²) in [5.74, 6) is -0.561. The van der Waals surface area contributed by atoms with E-state index in [9.17, 15) is 9.18 Å². The summed E-state index contributed by atoms with van der Waals surface area (Å²) in [7, 11) is 0.0150. The molecule has 0 aliphatic carbocycles. The Morgan fingerprint density at radius 3 is 2.23 bits per heavy atom. The number of carbonyl (C=O) groups excluding carboxylic acids is 1. The molecule has 7 heteroatoms. The lowest BCUT2D eigenvalue weighted by Gasteiger charge is -2.28. The zero-order valence-corrected chi connectivity index (χ0v) is 19.1. The minimum absolute atomic E-state index is 0.178. The average Bonchev–Trinajstić information content (AvgIpc) is 2.99. The SMILES string of the molecule is CN1C(=O)C(c2cccc(-c3ccc(F)nc3)c2)(c2cccc([Si](C)(C)C)c2)N=C1N. The van der Waals surface area contributed by atoms with E-state index in [0.29, 0.717) is 5.56 Å². The number of halogens is 1. The van der Waals surface area contributed by atoms with Gasteiger partial charge < -0.3 is 5.73 Å². The Hall–Kier alpha value is -3.32. The second-order valence-electron chi connectivity index (χ2n) is 8.83. The molecule has 0 bridgehead atoms. The molecule has 1 atom stereocenters. The molecule has 1 amide bonds. The van der Waals surface area contributed by atoms with E-state index in [1.54, 1.807) is 13.1 Å². The van der Waals surface area contributed by atoms with Crippen LogP contribution in [0.4, 0.5) is 4.39 Å². The number of aromatic nitrogens is 1. The molecule has 4 rings (SSSR count). The molecule has 1 aliphatic heterocycles. The van der Waals surface area contributed by atoms with Crippen LogP contribution in [0, 0.1) is 5.95 Å². The molecule has 3 aromatic rings. The number of rotatable bonds is 4. The van der Waals surface area contributed by atoms with Gasteiger partial charge in [-0.1, -0.05) is 67.3 Å². The van der Waals surface area contributed by atoms with Gasteiger partial charge in [-0.25, -0.2) is 9.98 Å². The first-order chi connectivity index (χ1) is 14.6. The monoisotopic (exact) mass is 432 g/mol. The van der Waals surface area contributed by atoms with Gasteiger partial charge in [0.2, 0.25) is 5.95 Å². The number of carbonyl (C=O) groups is 1. The van der Waals surface area contributed by atoms with Gasteiger partial charge in [0.15, 0.2) is 11.5 Å². The Kier molecular flexibility index (Phi) is 5.01. The third-order valence-corrected chi connectivity index (χ3v) is 7.77. The zero-order chi connectivity index (χ0) is 22.4. The van der Waals surface area contributed by atoms with E-state index in [-0.39, 0.29) is 11.9 Å². The zero-order valence-electron chi connectivity index (χ0n) is 18.1. The van der Waals surface area contributed by atoms with Crippen molar-refractivity contribution in [3.8, 4) is 11.1 Å². The second-order valence-corrected chi connectivity index (χ2v) is 13.9. The number of likely N-dealkylation sites (N-methyl/N-ethyl adjacent to an activating group) is 1. The van der Waals surface area contributed by atoms with Crippen LogP contribution in [0.5, 0.6) is 0 Å². The summed E-state index contributed by atoms with van der Waals surface area (Å²) in [4.78, 5) is 23.4. The van der Waals surface area contributed by atoms with E-state index in [1.165, 1.54) is 22.3 Å². The maximum absolute atomic E-state index is 13.6. The fraction of sp³-hybridized carbons (Fsp3) is 0.208. The first-order valence-electron chi connectivity index (χ1n) is 10.1. The average molecular weight is 433 g/mol. The number of benzene rings is 2. The van der Waals surface area contributed by atoms with E-state index >= 15 is 0 Å². The van der Waals surface area contributed by atoms with Crippen molar-refractivity contribution < 1.29 is 9.18 Å². The fourth-order valence-corrected chi connectivity index (χ4v) is 5.05. The van der Waals surface area contributed by atoms with E-state index in [2.05, 4.69) is 36.8 Å². The number of nitrogens with zero attached hydrogens (tertiary/aromatic N) is 3. The van der Waals surface area contributed by atoms with Crippen LogP contribution in [0.3, 0.4) is 0 Å². The number of pyridine rings is 1. The molecule has 0 radical (unpaired) electrons. The van der Waals surface area contributed by atoms with Gasteiger partial charge in [-0.3, -0.25) is 9.69 Å². The minimum Gasteiger partial charge on any atom is -0.369 e. The topological polar surface area (TPSA) is 71.6 Å².